The molecule has 2 nitrogen and oxygen atoms in total. The highest BCUT2D eigenvalue weighted by molar-refractivity contribution is 7.26. The molecule has 4 aromatic rings. The predicted octanol–water partition coefficient (Wildman–Crippen LogP) is 5.70. The van der Waals surface area contributed by atoms with E-state index in [-0.39, 0.29) is 0 Å². The van der Waals surface area contributed by atoms with E-state index in [1.165, 1.54) is 25.7 Å². The van der Waals surface area contributed by atoms with Gasteiger partial charge in [0.25, 0.3) is 0 Å². The Hall–Kier alpha value is -2.78. The number of benzene rings is 3. The fourth-order valence-corrected chi connectivity index (χ4v) is 4.10. The van der Waals surface area contributed by atoms with Crippen LogP contribution < -0.4 is 0 Å². The minimum absolute atomic E-state index is 0.608. The van der Waals surface area contributed by atoms with E-state index in [0.29, 0.717) is 12.4 Å². The van der Waals surface area contributed by atoms with E-state index >= 15 is 0 Å². The molecule has 116 valence electrons. The molecule has 0 aliphatic rings. The first-order chi connectivity index (χ1) is 11.9. The summed E-state index contributed by atoms with van der Waals surface area (Å²) in [7, 11) is 0. The van der Waals surface area contributed by atoms with E-state index in [9.17, 15) is 0 Å². The molecule has 0 bridgehead atoms. The number of fused-ring (bicyclic) bond motifs is 3. The Labute approximate surface area is 144 Å². The largest absolute Gasteiger partial charge is 0.261 e. The molecule has 24 heavy (non-hydrogen) atoms. The smallest absolute Gasteiger partial charge is 0.155 e. The molecule has 0 N–H and O–H groups in total. The third-order valence-corrected chi connectivity index (χ3v) is 5.27. The molecule has 0 saturated carbocycles. The molecule has 1 heterocycles. The first kappa shape index (κ1) is 14.8. The minimum Gasteiger partial charge on any atom is -0.261 e. The maximum Gasteiger partial charge on any atom is 0.155 e. The second-order valence-electron chi connectivity index (χ2n) is 5.56. The molecule has 1 aromatic heterocycles. The van der Waals surface area contributed by atoms with Crippen molar-refractivity contribution in [3.05, 3.63) is 83.9 Å². The molecule has 0 spiro atoms. The van der Waals surface area contributed by atoms with E-state index in [0.717, 1.165) is 5.56 Å². The van der Waals surface area contributed by atoms with Gasteiger partial charge in [0.15, 0.2) is 5.84 Å². The summed E-state index contributed by atoms with van der Waals surface area (Å²) in [6.07, 6.45) is 0. The molecule has 0 aliphatic carbocycles. The molecule has 4 rings (SSSR count). The zero-order valence-electron chi connectivity index (χ0n) is 13.1. The Kier molecular flexibility index (Phi) is 3.93. The lowest BCUT2D eigenvalue weighted by Gasteiger charge is -2.03. The summed E-state index contributed by atoms with van der Waals surface area (Å²) >= 11 is 1.79. The maximum atomic E-state index is 4.70. The molecule has 3 heteroatoms. The van der Waals surface area contributed by atoms with Crippen LogP contribution in [0.5, 0.6) is 0 Å². The van der Waals surface area contributed by atoms with Crippen molar-refractivity contribution in [2.75, 3.05) is 0 Å². The van der Waals surface area contributed by atoms with Gasteiger partial charge in [-0.1, -0.05) is 60.7 Å². The van der Waals surface area contributed by atoms with E-state index in [1.807, 2.05) is 18.2 Å². The predicted molar refractivity (Wildman–Crippen MR) is 106 cm³/mol. The average Bonchev–Trinajstić information content (AvgIpc) is 3.02. The fraction of sp³-hybridized carbons (Fsp3) is 0.0476. The topological polar surface area (TPSA) is 24.7 Å². The van der Waals surface area contributed by atoms with Gasteiger partial charge < -0.3 is 0 Å². The molecule has 0 radical (unpaired) electrons. The van der Waals surface area contributed by atoms with Gasteiger partial charge in [-0.15, -0.1) is 11.3 Å². The summed E-state index contributed by atoms with van der Waals surface area (Å²) in [5, 5.41) is 2.54. The second-order valence-corrected chi connectivity index (χ2v) is 6.62. The van der Waals surface area contributed by atoms with Crippen molar-refractivity contribution in [2.45, 2.75) is 6.54 Å². The van der Waals surface area contributed by atoms with Gasteiger partial charge in [-0.25, -0.2) is 4.99 Å². The van der Waals surface area contributed by atoms with Crippen molar-refractivity contribution in [3.63, 3.8) is 0 Å². The lowest BCUT2D eigenvalue weighted by atomic mass is 10.1. The SMILES string of the molecule is C=NC(=NCc1ccccc1)c1cccc2c1sc1ccccc12. The monoisotopic (exact) mass is 328 g/mol. The average molecular weight is 328 g/mol. The van der Waals surface area contributed by atoms with Crippen LogP contribution in [0.15, 0.2) is 82.8 Å². The Morgan fingerprint density at radius 3 is 2.42 bits per heavy atom. The van der Waals surface area contributed by atoms with Crippen LogP contribution in [0.3, 0.4) is 0 Å². The Morgan fingerprint density at radius 2 is 1.58 bits per heavy atom. The molecule has 0 amide bonds. The Morgan fingerprint density at radius 1 is 0.833 bits per heavy atom. The van der Waals surface area contributed by atoms with Gasteiger partial charge in [-0.3, -0.25) is 4.99 Å². The van der Waals surface area contributed by atoms with Gasteiger partial charge in [0.1, 0.15) is 0 Å². The van der Waals surface area contributed by atoms with Crippen molar-refractivity contribution in [3.8, 4) is 0 Å². The number of aliphatic imine (C=N–C) groups is 2. The molecule has 0 aliphatic heterocycles. The quantitative estimate of drug-likeness (QED) is 0.340. The van der Waals surface area contributed by atoms with E-state index in [2.05, 4.69) is 66.3 Å². The zero-order valence-corrected chi connectivity index (χ0v) is 14.0. The first-order valence-corrected chi connectivity index (χ1v) is 8.64. The van der Waals surface area contributed by atoms with Gasteiger partial charge in [0.05, 0.1) is 6.54 Å². The molecule has 0 atom stereocenters. The fourth-order valence-electron chi connectivity index (χ4n) is 2.89. The van der Waals surface area contributed by atoms with E-state index < -0.39 is 0 Å². The van der Waals surface area contributed by atoms with Gasteiger partial charge in [-0.2, -0.15) is 0 Å². The van der Waals surface area contributed by atoms with Crippen LogP contribution >= 0.6 is 11.3 Å². The van der Waals surface area contributed by atoms with Crippen LogP contribution in [-0.2, 0) is 6.54 Å². The van der Waals surface area contributed by atoms with Crippen molar-refractivity contribution in [2.24, 2.45) is 9.98 Å². The van der Waals surface area contributed by atoms with E-state index in [1.54, 1.807) is 11.3 Å². The Bertz CT molecular complexity index is 1050. The minimum atomic E-state index is 0.608. The number of thiophene rings is 1. The van der Waals surface area contributed by atoms with Crippen molar-refractivity contribution in [1.82, 2.24) is 0 Å². The highest BCUT2D eigenvalue weighted by atomic mass is 32.1. The molecule has 0 fully saturated rings. The summed E-state index contributed by atoms with van der Waals surface area (Å²) in [6.45, 7) is 4.34. The third-order valence-electron chi connectivity index (χ3n) is 4.05. The van der Waals surface area contributed by atoms with Gasteiger partial charge in [0, 0.05) is 25.7 Å². The number of nitrogens with zero attached hydrogens (tertiary/aromatic N) is 2. The summed E-state index contributed by atoms with van der Waals surface area (Å²) in [4.78, 5) is 8.90. The molecule has 0 unspecified atom stereocenters. The van der Waals surface area contributed by atoms with E-state index in [4.69, 9.17) is 4.99 Å². The van der Waals surface area contributed by atoms with Gasteiger partial charge in [-0.05, 0) is 24.4 Å². The van der Waals surface area contributed by atoms with Crippen molar-refractivity contribution >= 4 is 44.1 Å². The second kappa shape index (κ2) is 6.38. The van der Waals surface area contributed by atoms with Crippen LogP contribution in [0.4, 0.5) is 0 Å². The Balaban J connectivity index is 1.83. The van der Waals surface area contributed by atoms with Crippen LogP contribution in [0.25, 0.3) is 20.2 Å². The number of hydrogen-bond acceptors (Lipinski definition) is 2. The highest BCUT2D eigenvalue weighted by Gasteiger charge is 2.11. The summed E-state index contributed by atoms with van der Waals surface area (Å²) in [5.74, 6) is 0.705. The van der Waals surface area contributed by atoms with Crippen LogP contribution in [-0.4, -0.2) is 12.6 Å². The maximum absolute atomic E-state index is 4.70. The molecular weight excluding hydrogens is 312 g/mol. The lowest BCUT2D eigenvalue weighted by Crippen LogP contribution is -1.98. The number of hydrogen-bond donors (Lipinski definition) is 0. The lowest BCUT2D eigenvalue weighted by molar-refractivity contribution is 1.06. The van der Waals surface area contributed by atoms with Crippen LogP contribution in [0.1, 0.15) is 11.1 Å². The first-order valence-electron chi connectivity index (χ1n) is 7.82. The molecular formula is C21H16N2S. The zero-order chi connectivity index (χ0) is 16.4. The summed E-state index contributed by atoms with van der Waals surface area (Å²) < 4.78 is 2.50. The standard InChI is InChI=1S/C21H16N2S/c1-22-21(23-14-15-8-3-2-4-9-15)18-12-7-11-17-16-10-5-6-13-19(16)24-20(17)18/h2-13H,1,14H2. The molecule has 0 saturated heterocycles. The van der Waals surface area contributed by atoms with Gasteiger partial charge >= 0.3 is 0 Å². The molecule has 3 aromatic carbocycles. The van der Waals surface area contributed by atoms with Crippen LogP contribution in [0.2, 0.25) is 0 Å². The normalized spacial score (nSPS) is 11.9. The van der Waals surface area contributed by atoms with Crippen molar-refractivity contribution in [1.29, 1.82) is 0 Å². The number of amidine groups is 1. The number of rotatable bonds is 3. The third kappa shape index (κ3) is 2.63. The van der Waals surface area contributed by atoms with Gasteiger partial charge in [0.2, 0.25) is 0 Å². The van der Waals surface area contributed by atoms with Crippen molar-refractivity contribution < 1.29 is 0 Å². The highest BCUT2D eigenvalue weighted by Crippen LogP contribution is 2.36. The summed E-state index contributed by atoms with van der Waals surface area (Å²) in [5.41, 5.74) is 2.22. The van der Waals surface area contributed by atoms with Crippen LogP contribution in [0, 0.1) is 0 Å². The summed E-state index contributed by atoms with van der Waals surface area (Å²) in [6, 6.07) is 25.0.